The fourth-order valence-corrected chi connectivity index (χ4v) is 4.89. The monoisotopic (exact) mass is 518 g/mol. The van der Waals surface area contributed by atoms with Crippen molar-refractivity contribution in [2.75, 3.05) is 11.9 Å². The van der Waals surface area contributed by atoms with Gasteiger partial charge >= 0.3 is 5.97 Å². The minimum atomic E-state index is -0.833. The van der Waals surface area contributed by atoms with E-state index in [-0.39, 0.29) is 23.2 Å². The summed E-state index contributed by atoms with van der Waals surface area (Å²) in [5.74, 6) is 1.08. The van der Waals surface area contributed by atoms with Crippen molar-refractivity contribution in [3.05, 3.63) is 70.0 Å². The first kappa shape index (κ1) is 27.8. The Kier molecular flexibility index (Phi) is 8.24. The second-order valence-electron chi connectivity index (χ2n) is 12.6. The van der Waals surface area contributed by atoms with Gasteiger partial charge in [0, 0.05) is 31.0 Å². The Hall–Kier alpha value is -3.22. The van der Waals surface area contributed by atoms with E-state index in [0.717, 1.165) is 49.3 Å². The molecule has 4 rings (SSSR count). The quantitative estimate of drug-likeness (QED) is 0.338. The van der Waals surface area contributed by atoms with Gasteiger partial charge in [-0.1, -0.05) is 71.0 Å². The van der Waals surface area contributed by atoms with Crippen molar-refractivity contribution in [3.63, 3.8) is 0 Å². The van der Waals surface area contributed by atoms with Crippen LogP contribution in [-0.2, 0) is 41.3 Å². The van der Waals surface area contributed by atoms with E-state index in [1.807, 2.05) is 0 Å². The van der Waals surface area contributed by atoms with Crippen molar-refractivity contribution in [3.8, 4) is 0 Å². The lowest BCUT2D eigenvalue weighted by Crippen LogP contribution is -2.19. The molecular weight excluding hydrogens is 476 g/mol. The van der Waals surface area contributed by atoms with Gasteiger partial charge in [-0.3, -0.25) is 4.79 Å². The molecule has 0 bridgehead atoms. The minimum absolute atomic E-state index is 0.00687. The number of aryl methyl sites for hydroxylation is 3. The Labute approximate surface area is 226 Å². The third kappa shape index (κ3) is 7.21. The van der Waals surface area contributed by atoms with Gasteiger partial charge in [0.2, 0.25) is 5.89 Å². The van der Waals surface area contributed by atoms with Gasteiger partial charge in [0.05, 0.1) is 6.42 Å². The molecule has 0 fully saturated rings. The summed E-state index contributed by atoms with van der Waals surface area (Å²) < 4.78 is 5.59. The largest absolute Gasteiger partial charge is 0.481 e. The fraction of sp³-hybridized carbons (Fsp3) is 0.548. The summed E-state index contributed by atoms with van der Waals surface area (Å²) in [5, 5.41) is 17.3. The highest BCUT2D eigenvalue weighted by Gasteiger charge is 2.26. The van der Waals surface area contributed by atoms with Crippen LogP contribution in [0.5, 0.6) is 0 Å². The zero-order chi connectivity index (χ0) is 27.5. The van der Waals surface area contributed by atoms with Gasteiger partial charge in [-0.15, -0.1) is 0 Å². The SMILES string of the molecule is CC(C)(C)c1cc(C(CC(=O)O)Cc2nc(CCCc3ccc4c(n3)NCCC4)no2)cc(C(C)(C)C)c1. The molecule has 204 valence electrons. The highest BCUT2D eigenvalue weighted by atomic mass is 16.5. The van der Waals surface area contributed by atoms with Crippen molar-refractivity contribution in [2.24, 2.45) is 0 Å². The summed E-state index contributed by atoms with van der Waals surface area (Å²) in [4.78, 5) is 21.2. The number of rotatable bonds is 9. The van der Waals surface area contributed by atoms with Gasteiger partial charge in [0.15, 0.2) is 5.82 Å². The van der Waals surface area contributed by atoms with Gasteiger partial charge in [0.25, 0.3) is 0 Å². The van der Waals surface area contributed by atoms with Crippen LogP contribution >= 0.6 is 0 Å². The van der Waals surface area contributed by atoms with Crippen LogP contribution < -0.4 is 5.32 Å². The standard InChI is InChI=1S/C31H42N4O3/c1-30(2,3)23-15-21(16-24(19-23)31(4,5)6)22(18-28(36)37)17-27-34-26(35-38-27)11-7-10-25-13-12-20-9-8-14-32-29(20)33-25/h12-13,15-16,19,22H,7-11,14,17-18H2,1-6H3,(H,32,33)(H,36,37). The molecule has 1 aliphatic heterocycles. The summed E-state index contributed by atoms with van der Waals surface area (Å²) >= 11 is 0. The van der Waals surface area contributed by atoms with Crippen molar-refractivity contribution >= 4 is 11.8 Å². The van der Waals surface area contributed by atoms with Gasteiger partial charge in [0.1, 0.15) is 5.82 Å². The molecule has 0 amide bonds. The van der Waals surface area contributed by atoms with Crippen molar-refractivity contribution in [2.45, 2.75) is 103 Å². The summed E-state index contributed by atoms with van der Waals surface area (Å²) in [6.45, 7) is 14.1. The predicted octanol–water partition coefficient (Wildman–Crippen LogP) is 6.39. The summed E-state index contributed by atoms with van der Waals surface area (Å²) in [5.41, 5.74) is 5.67. The van der Waals surface area contributed by atoms with E-state index in [9.17, 15) is 9.90 Å². The molecule has 7 nitrogen and oxygen atoms in total. The number of nitrogens with one attached hydrogen (secondary N) is 1. The lowest BCUT2D eigenvalue weighted by Gasteiger charge is -2.27. The Morgan fingerprint density at radius 2 is 1.74 bits per heavy atom. The zero-order valence-corrected chi connectivity index (χ0v) is 23.7. The smallest absolute Gasteiger partial charge is 0.303 e. The van der Waals surface area contributed by atoms with Crippen LogP contribution in [0, 0.1) is 0 Å². The Morgan fingerprint density at radius 3 is 2.39 bits per heavy atom. The first-order valence-electron chi connectivity index (χ1n) is 13.8. The van der Waals surface area contributed by atoms with Gasteiger partial charge in [-0.25, -0.2) is 4.98 Å². The average molecular weight is 519 g/mol. The van der Waals surface area contributed by atoms with Crippen molar-refractivity contribution < 1.29 is 14.4 Å². The highest BCUT2D eigenvalue weighted by molar-refractivity contribution is 5.68. The Morgan fingerprint density at radius 1 is 1.03 bits per heavy atom. The number of pyridine rings is 1. The number of fused-ring (bicyclic) bond motifs is 1. The van der Waals surface area contributed by atoms with E-state index in [4.69, 9.17) is 9.51 Å². The number of carbonyl (C=O) groups is 1. The van der Waals surface area contributed by atoms with E-state index in [1.165, 1.54) is 16.7 Å². The van der Waals surface area contributed by atoms with Crippen LogP contribution in [0.2, 0.25) is 0 Å². The molecule has 0 spiro atoms. The number of aliphatic carboxylic acids is 1. The topological polar surface area (TPSA) is 101 Å². The van der Waals surface area contributed by atoms with E-state index in [0.29, 0.717) is 24.6 Å². The summed E-state index contributed by atoms with van der Waals surface area (Å²) in [7, 11) is 0. The van der Waals surface area contributed by atoms with Crippen LogP contribution in [0.1, 0.15) is 106 Å². The molecule has 0 saturated heterocycles. The molecule has 0 saturated carbocycles. The number of aromatic nitrogens is 3. The van der Waals surface area contributed by atoms with E-state index in [1.54, 1.807) is 0 Å². The first-order valence-corrected chi connectivity index (χ1v) is 13.8. The van der Waals surface area contributed by atoms with Crippen molar-refractivity contribution in [1.29, 1.82) is 0 Å². The molecule has 0 aliphatic carbocycles. The molecule has 2 aromatic heterocycles. The molecule has 3 heterocycles. The number of carboxylic acid groups (broad SMARTS) is 1. The average Bonchev–Trinajstić information content (AvgIpc) is 3.29. The molecule has 7 heteroatoms. The van der Waals surface area contributed by atoms with Crippen LogP contribution in [0.15, 0.2) is 34.9 Å². The number of hydrogen-bond donors (Lipinski definition) is 2. The maximum Gasteiger partial charge on any atom is 0.303 e. The van der Waals surface area contributed by atoms with Crippen LogP contribution in [-0.4, -0.2) is 32.7 Å². The molecule has 3 aromatic rings. The molecule has 38 heavy (non-hydrogen) atoms. The second kappa shape index (κ2) is 11.3. The van der Waals surface area contributed by atoms with Crippen LogP contribution in [0.25, 0.3) is 0 Å². The third-order valence-corrected chi connectivity index (χ3v) is 7.30. The maximum absolute atomic E-state index is 11.8. The lowest BCUT2D eigenvalue weighted by molar-refractivity contribution is -0.137. The number of carboxylic acids is 1. The third-order valence-electron chi connectivity index (χ3n) is 7.30. The second-order valence-corrected chi connectivity index (χ2v) is 12.6. The molecular formula is C31H42N4O3. The summed E-state index contributed by atoms with van der Waals surface area (Å²) in [6.07, 6.45) is 5.04. The number of nitrogens with zero attached hydrogens (tertiary/aromatic N) is 3. The normalized spacial score (nSPS) is 14.6. The van der Waals surface area contributed by atoms with Crippen LogP contribution in [0.4, 0.5) is 5.82 Å². The molecule has 1 unspecified atom stereocenters. The van der Waals surface area contributed by atoms with E-state index >= 15 is 0 Å². The molecule has 0 radical (unpaired) electrons. The highest BCUT2D eigenvalue weighted by Crippen LogP contribution is 2.34. The van der Waals surface area contributed by atoms with Gasteiger partial charge in [-0.05, 0) is 64.8 Å². The predicted molar refractivity (Wildman–Crippen MR) is 150 cm³/mol. The Bertz CT molecular complexity index is 1230. The molecule has 2 N–H and O–H groups in total. The lowest BCUT2D eigenvalue weighted by atomic mass is 9.77. The summed E-state index contributed by atoms with van der Waals surface area (Å²) in [6, 6.07) is 10.8. The first-order chi connectivity index (χ1) is 17.9. The molecule has 1 atom stereocenters. The number of benzene rings is 1. The van der Waals surface area contributed by atoms with E-state index in [2.05, 4.69) is 87.3 Å². The zero-order valence-electron chi connectivity index (χ0n) is 23.7. The van der Waals surface area contributed by atoms with E-state index < -0.39 is 5.97 Å². The minimum Gasteiger partial charge on any atom is -0.481 e. The van der Waals surface area contributed by atoms with Crippen LogP contribution in [0.3, 0.4) is 0 Å². The van der Waals surface area contributed by atoms with Gasteiger partial charge < -0.3 is 14.9 Å². The molecule has 1 aromatic carbocycles. The van der Waals surface area contributed by atoms with Gasteiger partial charge in [-0.2, -0.15) is 4.98 Å². The molecule has 1 aliphatic rings. The fourth-order valence-electron chi connectivity index (χ4n) is 4.89. The van der Waals surface area contributed by atoms with Crippen molar-refractivity contribution in [1.82, 2.24) is 15.1 Å². The Balaban J connectivity index is 1.46. The number of anilines is 1. The number of hydrogen-bond acceptors (Lipinski definition) is 6. The maximum atomic E-state index is 11.8.